The molecule has 1 heterocycles. The molecule has 2 aromatic rings. The molecule has 0 aliphatic rings. The third kappa shape index (κ3) is 2.96. The van der Waals surface area contributed by atoms with E-state index in [0.29, 0.717) is 6.54 Å². The van der Waals surface area contributed by atoms with Crippen molar-refractivity contribution in [1.29, 1.82) is 0 Å². The smallest absolute Gasteiger partial charge is 0.222 e. The minimum absolute atomic E-state index is 0.433. The average Bonchev–Trinajstić information content (AvgIpc) is 2.66. The van der Waals surface area contributed by atoms with Gasteiger partial charge < -0.3 is 10.5 Å². The van der Waals surface area contributed by atoms with Crippen LogP contribution in [0, 0.1) is 6.92 Å². The summed E-state index contributed by atoms with van der Waals surface area (Å²) in [4.78, 5) is 0. The van der Waals surface area contributed by atoms with E-state index in [9.17, 15) is 0 Å². The van der Waals surface area contributed by atoms with E-state index < -0.39 is 0 Å². The summed E-state index contributed by atoms with van der Waals surface area (Å²) in [5, 5.41) is 4.34. The van der Waals surface area contributed by atoms with E-state index in [1.807, 2.05) is 26.1 Å². The maximum absolute atomic E-state index is 5.91. The summed E-state index contributed by atoms with van der Waals surface area (Å²) in [7, 11) is 1.87. The van der Waals surface area contributed by atoms with Crippen molar-refractivity contribution in [1.82, 2.24) is 9.78 Å². The minimum atomic E-state index is 0.433. The molecule has 4 nitrogen and oxygen atoms in total. The Morgan fingerprint density at radius 1 is 1.26 bits per heavy atom. The zero-order valence-corrected chi connectivity index (χ0v) is 11.8. The first-order valence-corrected chi connectivity index (χ1v) is 6.65. The highest BCUT2D eigenvalue weighted by molar-refractivity contribution is 5.36. The number of nitrogens with two attached hydrogens (primary N) is 1. The van der Waals surface area contributed by atoms with Crippen LogP contribution in [0.4, 0.5) is 0 Å². The Bertz CT molecular complexity index is 543. The van der Waals surface area contributed by atoms with Crippen LogP contribution in [-0.4, -0.2) is 9.78 Å². The number of hydrogen-bond acceptors (Lipinski definition) is 3. The van der Waals surface area contributed by atoms with E-state index >= 15 is 0 Å². The Kier molecular flexibility index (Phi) is 4.22. The number of nitrogens with zero attached hydrogens (tertiary/aromatic N) is 2. The van der Waals surface area contributed by atoms with Crippen LogP contribution in [0.25, 0.3) is 0 Å². The van der Waals surface area contributed by atoms with Crippen molar-refractivity contribution in [2.75, 3.05) is 0 Å². The monoisotopic (exact) mass is 259 g/mol. The molecule has 0 fully saturated rings. The van der Waals surface area contributed by atoms with Crippen LogP contribution >= 0.6 is 0 Å². The van der Waals surface area contributed by atoms with Gasteiger partial charge in [-0.25, -0.2) is 4.68 Å². The zero-order valence-electron chi connectivity index (χ0n) is 11.8. The SMILES string of the molecule is CCCc1ccc(Oc2c(CN)c(C)nn2C)cc1. The fourth-order valence-electron chi connectivity index (χ4n) is 2.17. The molecule has 0 saturated carbocycles. The van der Waals surface area contributed by atoms with E-state index in [0.717, 1.165) is 35.7 Å². The van der Waals surface area contributed by atoms with Crippen molar-refractivity contribution in [3.05, 3.63) is 41.1 Å². The predicted octanol–water partition coefficient (Wildman–Crippen LogP) is 2.93. The van der Waals surface area contributed by atoms with Gasteiger partial charge in [0.1, 0.15) is 5.75 Å². The van der Waals surface area contributed by atoms with Crippen molar-refractivity contribution in [3.63, 3.8) is 0 Å². The van der Waals surface area contributed by atoms with Gasteiger partial charge in [0, 0.05) is 13.6 Å². The number of ether oxygens (including phenoxy) is 1. The summed E-state index contributed by atoms with van der Waals surface area (Å²) in [6, 6.07) is 8.19. The molecule has 1 aromatic heterocycles. The van der Waals surface area contributed by atoms with Crippen LogP contribution in [-0.2, 0) is 20.0 Å². The first kappa shape index (κ1) is 13.6. The van der Waals surface area contributed by atoms with E-state index in [1.54, 1.807) is 4.68 Å². The summed E-state index contributed by atoms with van der Waals surface area (Å²) in [6.45, 7) is 4.55. The largest absolute Gasteiger partial charge is 0.439 e. The van der Waals surface area contributed by atoms with E-state index in [4.69, 9.17) is 10.5 Å². The molecule has 0 atom stereocenters. The first-order valence-electron chi connectivity index (χ1n) is 6.65. The molecule has 0 aliphatic heterocycles. The third-order valence-electron chi connectivity index (χ3n) is 3.17. The highest BCUT2D eigenvalue weighted by Gasteiger charge is 2.13. The number of aromatic nitrogens is 2. The summed E-state index contributed by atoms with van der Waals surface area (Å²) in [5.41, 5.74) is 8.96. The summed E-state index contributed by atoms with van der Waals surface area (Å²) >= 11 is 0. The molecule has 2 N–H and O–H groups in total. The maximum atomic E-state index is 5.91. The molecule has 0 radical (unpaired) electrons. The fraction of sp³-hybridized carbons (Fsp3) is 0.400. The Hall–Kier alpha value is -1.81. The second-order valence-electron chi connectivity index (χ2n) is 4.69. The normalized spacial score (nSPS) is 10.7. The number of aryl methyl sites for hydroxylation is 3. The van der Waals surface area contributed by atoms with Gasteiger partial charge in [-0.1, -0.05) is 25.5 Å². The van der Waals surface area contributed by atoms with Gasteiger partial charge in [0.05, 0.1) is 11.3 Å². The Labute approximate surface area is 114 Å². The lowest BCUT2D eigenvalue weighted by molar-refractivity contribution is 0.426. The van der Waals surface area contributed by atoms with E-state index in [1.165, 1.54) is 5.56 Å². The molecule has 0 amide bonds. The van der Waals surface area contributed by atoms with Gasteiger partial charge in [0.2, 0.25) is 5.88 Å². The molecular weight excluding hydrogens is 238 g/mol. The van der Waals surface area contributed by atoms with Crippen LogP contribution in [0.15, 0.2) is 24.3 Å². The lowest BCUT2D eigenvalue weighted by atomic mass is 10.1. The Balaban J connectivity index is 2.21. The third-order valence-corrected chi connectivity index (χ3v) is 3.17. The molecule has 102 valence electrons. The molecule has 1 aromatic carbocycles. The van der Waals surface area contributed by atoms with Crippen LogP contribution in [0.5, 0.6) is 11.6 Å². The van der Waals surface area contributed by atoms with Gasteiger partial charge in [-0.05, 0) is 31.0 Å². The second kappa shape index (κ2) is 5.89. The molecule has 0 saturated heterocycles. The van der Waals surface area contributed by atoms with Crippen molar-refractivity contribution in [2.45, 2.75) is 33.2 Å². The second-order valence-corrected chi connectivity index (χ2v) is 4.69. The maximum Gasteiger partial charge on any atom is 0.222 e. The summed E-state index contributed by atoms with van der Waals surface area (Å²) < 4.78 is 7.64. The topological polar surface area (TPSA) is 53.1 Å². The highest BCUT2D eigenvalue weighted by Crippen LogP contribution is 2.27. The van der Waals surface area contributed by atoms with Gasteiger partial charge in [-0.2, -0.15) is 5.10 Å². The summed E-state index contributed by atoms with van der Waals surface area (Å²) in [6.07, 6.45) is 2.25. The predicted molar refractivity (Wildman–Crippen MR) is 76.3 cm³/mol. The molecule has 19 heavy (non-hydrogen) atoms. The molecule has 4 heteroatoms. The van der Waals surface area contributed by atoms with Gasteiger partial charge in [-0.3, -0.25) is 0 Å². The molecule has 0 unspecified atom stereocenters. The quantitative estimate of drug-likeness (QED) is 0.898. The lowest BCUT2D eigenvalue weighted by Crippen LogP contribution is -2.01. The van der Waals surface area contributed by atoms with Crippen LogP contribution < -0.4 is 10.5 Å². The van der Waals surface area contributed by atoms with Crippen molar-refractivity contribution < 1.29 is 4.74 Å². The zero-order chi connectivity index (χ0) is 13.8. The Morgan fingerprint density at radius 2 is 1.95 bits per heavy atom. The van der Waals surface area contributed by atoms with Crippen molar-refractivity contribution >= 4 is 0 Å². The first-order chi connectivity index (χ1) is 9.15. The molecule has 0 bridgehead atoms. The van der Waals surface area contributed by atoms with E-state index in [-0.39, 0.29) is 0 Å². The summed E-state index contributed by atoms with van der Waals surface area (Å²) in [5.74, 6) is 1.54. The van der Waals surface area contributed by atoms with Crippen molar-refractivity contribution in [3.8, 4) is 11.6 Å². The minimum Gasteiger partial charge on any atom is -0.439 e. The standard InChI is InChI=1S/C15H21N3O/c1-4-5-12-6-8-13(9-7-12)19-15-14(10-16)11(2)17-18(15)3/h6-9H,4-5,10,16H2,1-3H3. The average molecular weight is 259 g/mol. The van der Waals surface area contributed by atoms with Crippen LogP contribution in [0.2, 0.25) is 0 Å². The number of hydrogen-bond donors (Lipinski definition) is 1. The number of rotatable bonds is 5. The van der Waals surface area contributed by atoms with Crippen LogP contribution in [0.3, 0.4) is 0 Å². The molecule has 2 rings (SSSR count). The Morgan fingerprint density at radius 3 is 2.53 bits per heavy atom. The molecule has 0 aliphatic carbocycles. The van der Waals surface area contributed by atoms with Gasteiger partial charge in [0.25, 0.3) is 0 Å². The van der Waals surface area contributed by atoms with Crippen LogP contribution in [0.1, 0.15) is 30.2 Å². The van der Waals surface area contributed by atoms with Crippen molar-refractivity contribution in [2.24, 2.45) is 12.8 Å². The van der Waals surface area contributed by atoms with Gasteiger partial charge in [-0.15, -0.1) is 0 Å². The van der Waals surface area contributed by atoms with E-state index in [2.05, 4.69) is 24.2 Å². The molecule has 0 spiro atoms. The lowest BCUT2D eigenvalue weighted by Gasteiger charge is -2.08. The fourth-order valence-corrected chi connectivity index (χ4v) is 2.17. The highest BCUT2D eigenvalue weighted by atomic mass is 16.5. The molecular formula is C15H21N3O. The van der Waals surface area contributed by atoms with Gasteiger partial charge in [0.15, 0.2) is 0 Å². The number of benzene rings is 1. The van der Waals surface area contributed by atoms with Gasteiger partial charge >= 0.3 is 0 Å².